The Balaban J connectivity index is 2.09. The normalized spacial score (nSPS) is 17.8. The van der Waals surface area contributed by atoms with Crippen molar-refractivity contribution in [1.82, 2.24) is 9.80 Å². The van der Waals surface area contributed by atoms with E-state index in [1.807, 2.05) is 13.8 Å². The van der Waals surface area contributed by atoms with Crippen LogP contribution < -0.4 is 5.32 Å². The Hall–Kier alpha value is -1.59. The first-order valence-corrected chi connectivity index (χ1v) is 10.0. The second-order valence-electron chi connectivity index (χ2n) is 6.71. The van der Waals surface area contributed by atoms with Gasteiger partial charge in [-0.15, -0.1) is 0 Å². The molecule has 0 spiro atoms. The zero-order valence-electron chi connectivity index (χ0n) is 16.1. The van der Waals surface area contributed by atoms with Gasteiger partial charge in [0.25, 0.3) is 5.91 Å². The molecule has 1 heterocycles. The lowest BCUT2D eigenvalue weighted by Gasteiger charge is -2.34. The minimum atomic E-state index is -0.0840. The minimum Gasteiger partial charge on any atom is -0.339 e. The third-order valence-corrected chi connectivity index (χ3v) is 5.26. The zero-order chi connectivity index (χ0) is 19.1. The summed E-state index contributed by atoms with van der Waals surface area (Å²) in [4.78, 5) is 29.2. The van der Waals surface area contributed by atoms with Crippen LogP contribution in [0.25, 0.3) is 0 Å². The number of amides is 2. The lowest BCUT2D eigenvalue weighted by atomic mass is 10.0. The summed E-state index contributed by atoms with van der Waals surface area (Å²) in [6, 6.07) is 5.04. The van der Waals surface area contributed by atoms with Gasteiger partial charge in [-0.3, -0.25) is 14.5 Å². The Morgan fingerprint density at radius 2 is 1.96 bits per heavy atom. The van der Waals surface area contributed by atoms with Crippen LogP contribution in [-0.2, 0) is 4.79 Å². The Morgan fingerprint density at radius 1 is 1.23 bits per heavy atom. The van der Waals surface area contributed by atoms with Crippen molar-refractivity contribution in [3.8, 4) is 0 Å². The molecule has 1 aromatic rings. The molecule has 1 aromatic carbocycles. The van der Waals surface area contributed by atoms with Crippen molar-refractivity contribution < 1.29 is 9.59 Å². The van der Waals surface area contributed by atoms with E-state index in [-0.39, 0.29) is 17.9 Å². The van der Waals surface area contributed by atoms with Gasteiger partial charge in [-0.25, -0.2) is 0 Å². The minimum absolute atomic E-state index is 0.0111. The number of halogens is 1. The molecule has 0 bridgehead atoms. The summed E-state index contributed by atoms with van der Waals surface area (Å²) in [7, 11) is 0. The van der Waals surface area contributed by atoms with Gasteiger partial charge < -0.3 is 10.2 Å². The highest BCUT2D eigenvalue weighted by atomic mass is 35.5. The van der Waals surface area contributed by atoms with Crippen LogP contribution in [0, 0.1) is 0 Å². The Kier molecular flexibility index (Phi) is 7.91. The van der Waals surface area contributed by atoms with Gasteiger partial charge in [0.15, 0.2) is 0 Å². The van der Waals surface area contributed by atoms with Gasteiger partial charge in [0.1, 0.15) is 0 Å². The molecular weight excluding hydrogens is 350 g/mol. The van der Waals surface area contributed by atoms with Gasteiger partial charge in [-0.2, -0.15) is 0 Å². The molecule has 1 aliphatic rings. The number of carbonyl (C=O) groups excluding carboxylic acids is 2. The van der Waals surface area contributed by atoms with Crippen molar-refractivity contribution in [3.05, 3.63) is 28.8 Å². The van der Waals surface area contributed by atoms with Gasteiger partial charge >= 0.3 is 0 Å². The highest BCUT2D eigenvalue weighted by Crippen LogP contribution is 2.24. The molecule has 1 N–H and O–H groups in total. The van der Waals surface area contributed by atoms with Crippen LogP contribution >= 0.6 is 11.6 Å². The fourth-order valence-electron chi connectivity index (χ4n) is 3.52. The molecule has 1 unspecified atom stereocenters. The first-order chi connectivity index (χ1) is 12.5. The molecule has 2 amide bonds. The third kappa shape index (κ3) is 4.98. The fraction of sp³-hybridized carbons (Fsp3) is 0.600. The average Bonchev–Trinajstić information content (AvgIpc) is 2.63. The maximum atomic E-state index is 12.7. The first kappa shape index (κ1) is 20.7. The number of anilines is 1. The first-order valence-electron chi connectivity index (χ1n) is 9.65. The molecule has 5 nitrogen and oxygen atoms in total. The van der Waals surface area contributed by atoms with Crippen LogP contribution in [0.2, 0.25) is 5.02 Å². The largest absolute Gasteiger partial charge is 0.339 e. The van der Waals surface area contributed by atoms with E-state index in [1.165, 1.54) is 0 Å². The molecule has 1 fully saturated rings. The Labute approximate surface area is 161 Å². The third-order valence-electron chi connectivity index (χ3n) is 4.94. The number of rotatable bonds is 7. The molecule has 144 valence electrons. The van der Waals surface area contributed by atoms with Crippen molar-refractivity contribution in [3.63, 3.8) is 0 Å². The van der Waals surface area contributed by atoms with E-state index in [9.17, 15) is 9.59 Å². The summed E-state index contributed by atoms with van der Waals surface area (Å²) in [5.41, 5.74) is 1.11. The molecule has 2 rings (SSSR count). The monoisotopic (exact) mass is 379 g/mol. The molecular formula is C20H30ClN3O2. The van der Waals surface area contributed by atoms with E-state index in [1.54, 1.807) is 23.1 Å². The summed E-state index contributed by atoms with van der Waals surface area (Å²) < 4.78 is 0. The fourth-order valence-corrected chi connectivity index (χ4v) is 3.78. The predicted octanol–water partition coefficient (Wildman–Crippen LogP) is 4.03. The second kappa shape index (κ2) is 9.93. The van der Waals surface area contributed by atoms with E-state index in [2.05, 4.69) is 17.1 Å². The smallest absolute Gasteiger partial charge is 0.255 e. The highest BCUT2D eigenvalue weighted by Gasteiger charge is 2.28. The molecule has 6 heteroatoms. The summed E-state index contributed by atoms with van der Waals surface area (Å²) >= 11 is 6.32. The van der Waals surface area contributed by atoms with Gasteiger partial charge in [-0.05, 0) is 64.4 Å². The standard InChI is InChI=1S/C20H30ClN3O2/c1-4-12-24-13-8-7-9-18(24)19(25)22-15-10-11-16(17(21)14-15)20(26)23(5-2)6-3/h10-11,14,18H,4-9,12-13H2,1-3H3,(H,22,25). The number of hydrogen-bond donors (Lipinski definition) is 1. The molecule has 0 radical (unpaired) electrons. The maximum Gasteiger partial charge on any atom is 0.255 e. The number of nitrogens with one attached hydrogen (secondary N) is 1. The van der Waals surface area contributed by atoms with Crippen LogP contribution in [0.15, 0.2) is 18.2 Å². The van der Waals surface area contributed by atoms with Crippen LogP contribution in [0.5, 0.6) is 0 Å². The number of nitrogens with zero attached hydrogens (tertiary/aromatic N) is 2. The van der Waals surface area contributed by atoms with Crippen LogP contribution in [0.4, 0.5) is 5.69 Å². The number of likely N-dealkylation sites (tertiary alicyclic amines) is 1. The second-order valence-corrected chi connectivity index (χ2v) is 7.12. The van der Waals surface area contributed by atoms with E-state index >= 15 is 0 Å². The average molecular weight is 380 g/mol. The van der Waals surface area contributed by atoms with Crippen molar-refractivity contribution in [2.45, 2.75) is 52.5 Å². The van der Waals surface area contributed by atoms with E-state index in [0.717, 1.165) is 38.8 Å². The molecule has 1 atom stereocenters. The van der Waals surface area contributed by atoms with Crippen LogP contribution in [0.1, 0.15) is 56.8 Å². The zero-order valence-corrected chi connectivity index (χ0v) is 16.8. The van der Waals surface area contributed by atoms with Crippen LogP contribution in [0.3, 0.4) is 0 Å². The number of hydrogen-bond acceptors (Lipinski definition) is 3. The van der Waals surface area contributed by atoms with E-state index in [0.29, 0.717) is 29.4 Å². The SMILES string of the molecule is CCCN1CCCCC1C(=O)Nc1ccc(C(=O)N(CC)CC)c(Cl)c1. The number of piperidine rings is 1. The lowest BCUT2D eigenvalue weighted by Crippen LogP contribution is -2.47. The van der Waals surface area contributed by atoms with Crippen molar-refractivity contribution in [2.75, 3.05) is 31.5 Å². The summed E-state index contributed by atoms with van der Waals surface area (Å²) in [6.07, 6.45) is 4.16. The summed E-state index contributed by atoms with van der Waals surface area (Å²) in [5.74, 6) is -0.0729. The Morgan fingerprint density at radius 3 is 2.58 bits per heavy atom. The van der Waals surface area contributed by atoms with Gasteiger partial charge in [-0.1, -0.05) is 24.9 Å². The lowest BCUT2D eigenvalue weighted by molar-refractivity contribution is -0.122. The van der Waals surface area contributed by atoms with Crippen molar-refractivity contribution in [2.24, 2.45) is 0 Å². The molecule has 1 saturated heterocycles. The van der Waals surface area contributed by atoms with Crippen LogP contribution in [-0.4, -0.2) is 53.8 Å². The van der Waals surface area contributed by atoms with Gasteiger partial charge in [0, 0.05) is 18.8 Å². The number of benzene rings is 1. The van der Waals surface area contributed by atoms with E-state index in [4.69, 9.17) is 11.6 Å². The maximum absolute atomic E-state index is 12.7. The molecule has 0 aromatic heterocycles. The highest BCUT2D eigenvalue weighted by molar-refractivity contribution is 6.34. The van der Waals surface area contributed by atoms with E-state index < -0.39 is 0 Å². The molecule has 0 aliphatic carbocycles. The Bertz CT molecular complexity index is 629. The summed E-state index contributed by atoms with van der Waals surface area (Å²) in [6.45, 7) is 9.21. The molecule has 1 aliphatic heterocycles. The quantitative estimate of drug-likeness (QED) is 0.778. The summed E-state index contributed by atoms with van der Waals surface area (Å²) in [5, 5.41) is 3.34. The van der Waals surface area contributed by atoms with Gasteiger partial charge in [0.2, 0.25) is 5.91 Å². The predicted molar refractivity (Wildman–Crippen MR) is 107 cm³/mol. The molecule has 0 saturated carbocycles. The van der Waals surface area contributed by atoms with Crippen molar-refractivity contribution in [1.29, 1.82) is 0 Å². The molecule has 26 heavy (non-hydrogen) atoms. The van der Waals surface area contributed by atoms with Crippen molar-refractivity contribution >= 4 is 29.1 Å². The topological polar surface area (TPSA) is 52.7 Å². The van der Waals surface area contributed by atoms with Gasteiger partial charge in [0.05, 0.1) is 16.6 Å². The number of carbonyl (C=O) groups is 2.